The summed E-state index contributed by atoms with van der Waals surface area (Å²) in [6.07, 6.45) is 4.51. The van der Waals surface area contributed by atoms with Gasteiger partial charge in [0.05, 0.1) is 13.2 Å². The summed E-state index contributed by atoms with van der Waals surface area (Å²) in [4.78, 5) is 11.7. The first-order chi connectivity index (χ1) is 20.7. The van der Waals surface area contributed by atoms with Crippen molar-refractivity contribution in [3.05, 3.63) is 0 Å². The van der Waals surface area contributed by atoms with Gasteiger partial charge in [0, 0.05) is 13.5 Å². The molecule has 1 amide bonds. The topological polar surface area (TPSA) is 187 Å². The van der Waals surface area contributed by atoms with Crippen molar-refractivity contribution >= 4 is 18.5 Å². The SMILES string of the molecule is CC(=O)N[C@H]1[C@H](O[C@@H]2[C@H](O)[C@@H](O)[C@H](OCCCCCCCCCCCCCCCCS)O[C@@H]2CO)O[C@H](CO)[C@H](O)[C@@H]1O. The average Bonchev–Trinajstić information content (AvgIpc) is 2.99. The maximum Gasteiger partial charge on any atom is 0.217 e. The summed E-state index contributed by atoms with van der Waals surface area (Å²) in [5.41, 5.74) is 0. The lowest BCUT2D eigenvalue weighted by atomic mass is 9.95. The quantitative estimate of drug-likeness (QED) is 0.0628. The number of nitrogens with one attached hydrogen (secondary N) is 1. The number of hydrogen-bond donors (Lipinski definition) is 8. The number of rotatable bonds is 22. The van der Waals surface area contributed by atoms with E-state index in [9.17, 15) is 35.4 Å². The molecular weight excluding hydrogens is 582 g/mol. The van der Waals surface area contributed by atoms with E-state index in [1.807, 2.05) is 0 Å². The molecule has 0 spiro atoms. The molecule has 2 fully saturated rings. The first-order valence-electron chi connectivity index (χ1n) is 16.1. The second-order valence-corrected chi connectivity index (χ2v) is 12.2. The number of aliphatic hydroxyl groups excluding tert-OH is 6. The molecule has 0 bridgehead atoms. The van der Waals surface area contributed by atoms with Crippen LogP contribution in [0.15, 0.2) is 0 Å². The Hall–Kier alpha value is -0.580. The molecule has 2 saturated heterocycles. The minimum absolute atomic E-state index is 0.310. The Balaban J connectivity index is 1.68. The molecule has 2 aliphatic rings. The Labute approximate surface area is 261 Å². The standard InChI is InChI=1S/C30H57NO11S/c1-20(34)31-23-25(36)24(35)21(18-32)40-29(23)42-28-22(19-33)41-30(27(38)26(28)37)39-16-14-12-10-8-6-4-2-3-5-7-9-11-13-15-17-43/h21-30,32-33,35-38,43H,2-19H2,1H3,(H,31,34)/t21-,22-,23-,24+,25-,26-,27-,28+,29+,30-/m1/s1. The van der Waals surface area contributed by atoms with Crippen LogP contribution >= 0.6 is 12.6 Å². The van der Waals surface area contributed by atoms with Crippen LogP contribution in [0.5, 0.6) is 0 Å². The minimum Gasteiger partial charge on any atom is -0.394 e. The third-order valence-electron chi connectivity index (χ3n) is 8.20. The Morgan fingerprint density at radius 3 is 1.65 bits per heavy atom. The average molecular weight is 640 g/mol. The lowest BCUT2D eigenvalue weighted by molar-refractivity contribution is -0.347. The molecule has 0 aromatic rings. The van der Waals surface area contributed by atoms with Crippen LogP contribution < -0.4 is 5.32 Å². The van der Waals surface area contributed by atoms with E-state index >= 15 is 0 Å². The van der Waals surface area contributed by atoms with Gasteiger partial charge in [0.15, 0.2) is 12.6 Å². The third kappa shape index (κ3) is 13.4. The first-order valence-corrected chi connectivity index (χ1v) is 16.8. The molecule has 0 radical (unpaired) electrons. The lowest BCUT2D eigenvalue weighted by Gasteiger charge is -2.47. The van der Waals surface area contributed by atoms with Crippen LogP contribution in [0.3, 0.4) is 0 Å². The summed E-state index contributed by atoms with van der Waals surface area (Å²) in [6, 6.07) is -1.25. The van der Waals surface area contributed by atoms with Crippen LogP contribution in [0, 0.1) is 0 Å². The number of ether oxygens (including phenoxy) is 4. The summed E-state index contributed by atoms with van der Waals surface area (Å²) >= 11 is 4.25. The summed E-state index contributed by atoms with van der Waals surface area (Å²) in [5, 5.41) is 64.1. The normalized spacial score (nSPS) is 33.0. The highest BCUT2D eigenvalue weighted by atomic mass is 32.1. The van der Waals surface area contributed by atoms with Gasteiger partial charge in [-0.25, -0.2) is 0 Å². The van der Waals surface area contributed by atoms with Crippen molar-refractivity contribution in [1.82, 2.24) is 5.32 Å². The number of hydrogen-bond acceptors (Lipinski definition) is 12. The molecule has 10 atom stereocenters. The fourth-order valence-corrected chi connectivity index (χ4v) is 5.86. The fraction of sp³-hybridized carbons (Fsp3) is 0.967. The third-order valence-corrected chi connectivity index (χ3v) is 8.51. The fourth-order valence-electron chi connectivity index (χ4n) is 5.63. The highest BCUT2D eigenvalue weighted by Crippen LogP contribution is 2.30. The Bertz CT molecular complexity index is 736. The molecule has 7 N–H and O–H groups in total. The Morgan fingerprint density at radius 1 is 0.674 bits per heavy atom. The molecule has 2 rings (SSSR count). The summed E-state index contributed by atoms with van der Waals surface area (Å²) in [5.74, 6) is 0.452. The molecule has 12 nitrogen and oxygen atoms in total. The summed E-state index contributed by atoms with van der Waals surface area (Å²) in [7, 11) is 0. The largest absolute Gasteiger partial charge is 0.394 e. The van der Waals surface area contributed by atoms with E-state index in [1.165, 1.54) is 77.6 Å². The minimum atomic E-state index is -1.56. The van der Waals surface area contributed by atoms with Crippen molar-refractivity contribution in [2.75, 3.05) is 25.6 Å². The van der Waals surface area contributed by atoms with Crippen LogP contribution in [-0.2, 0) is 23.7 Å². The molecule has 254 valence electrons. The lowest BCUT2D eigenvalue weighted by Crippen LogP contribution is -2.67. The van der Waals surface area contributed by atoms with Crippen molar-refractivity contribution in [1.29, 1.82) is 0 Å². The molecule has 0 aliphatic carbocycles. The maximum atomic E-state index is 11.7. The van der Waals surface area contributed by atoms with Gasteiger partial charge in [0.1, 0.15) is 48.8 Å². The zero-order valence-corrected chi connectivity index (χ0v) is 26.6. The second kappa shape index (κ2) is 22.0. The van der Waals surface area contributed by atoms with Gasteiger partial charge in [0.2, 0.25) is 5.91 Å². The number of amides is 1. The number of aliphatic hydroxyl groups is 6. The molecular formula is C30H57NO11S. The van der Waals surface area contributed by atoms with E-state index in [-0.39, 0.29) is 0 Å². The van der Waals surface area contributed by atoms with Gasteiger partial charge >= 0.3 is 0 Å². The molecule has 0 unspecified atom stereocenters. The molecule has 0 saturated carbocycles. The molecule has 0 aromatic heterocycles. The van der Waals surface area contributed by atoms with Crippen molar-refractivity contribution in [3.63, 3.8) is 0 Å². The van der Waals surface area contributed by atoms with Crippen molar-refractivity contribution < 1.29 is 54.4 Å². The van der Waals surface area contributed by atoms with Gasteiger partial charge in [-0.1, -0.05) is 77.0 Å². The molecule has 43 heavy (non-hydrogen) atoms. The maximum absolute atomic E-state index is 11.7. The number of carbonyl (C=O) groups excluding carboxylic acids is 1. The van der Waals surface area contributed by atoms with Gasteiger partial charge in [-0.05, 0) is 18.6 Å². The predicted octanol–water partition coefficient (Wildman–Crippen LogP) is 1.16. The molecule has 2 heterocycles. The zero-order chi connectivity index (χ0) is 31.6. The van der Waals surface area contributed by atoms with Crippen molar-refractivity contribution in [3.8, 4) is 0 Å². The molecule has 2 aliphatic heterocycles. The van der Waals surface area contributed by atoms with Crippen LogP contribution in [0.25, 0.3) is 0 Å². The monoisotopic (exact) mass is 639 g/mol. The van der Waals surface area contributed by atoms with Gasteiger partial charge in [-0.2, -0.15) is 12.6 Å². The number of carbonyl (C=O) groups is 1. The number of unbranched alkanes of at least 4 members (excludes halogenated alkanes) is 13. The molecule has 0 aromatic carbocycles. The predicted molar refractivity (Wildman–Crippen MR) is 162 cm³/mol. The van der Waals surface area contributed by atoms with Crippen LogP contribution in [0.4, 0.5) is 0 Å². The molecule has 13 heteroatoms. The van der Waals surface area contributed by atoms with Crippen LogP contribution in [-0.4, -0.2) is 123 Å². The summed E-state index contributed by atoms with van der Waals surface area (Å²) in [6.45, 7) is 0.280. The smallest absolute Gasteiger partial charge is 0.217 e. The van der Waals surface area contributed by atoms with Crippen LogP contribution in [0.1, 0.15) is 96.8 Å². The van der Waals surface area contributed by atoms with E-state index in [0.717, 1.165) is 25.0 Å². The van der Waals surface area contributed by atoms with E-state index < -0.39 is 80.5 Å². The van der Waals surface area contributed by atoms with E-state index in [4.69, 9.17) is 18.9 Å². The van der Waals surface area contributed by atoms with E-state index in [0.29, 0.717) is 6.61 Å². The van der Waals surface area contributed by atoms with Gasteiger partial charge in [-0.15, -0.1) is 0 Å². The highest BCUT2D eigenvalue weighted by molar-refractivity contribution is 7.80. The van der Waals surface area contributed by atoms with Crippen LogP contribution in [0.2, 0.25) is 0 Å². The van der Waals surface area contributed by atoms with Gasteiger partial charge in [0.25, 0.3) is 0 Å². The van der Waals surface area contributed by atoms with Gasteiger partial charge < -0.3 is 54.9 Å². The summed E-state index contributed by atoms with van der Waals surface area (Å²) < 4.78 is 22.7. The highest BCUT2D eigenvalue weighted by Gasteiger charge is 2.51. The van der Waals surface area contributed by atoms with Gasteiger partial charge in [-0.3, -0.25) is 4.79 Å². The van der Waals surface area contributed by atoms with Crippen molar-refractivity contribution in [2.45, 2.75) is 158 Å². The Kier molecular flexibility index (Phi) is 19.8. The van der Waals surface area contributed by atoms with E-state index in [2.05, 4.69) is 17.9 Å². The zero-order valence-electron chi connectivity index (χ0n) is 25.7. The Morgan fingerprint density at radius 2 is 1.16 bits per heavy atom. The first kappa shape index (κ1) is 38.6. The number of thiol groups is 1. The van der Waals surface area contributed by atoms with Crippen molar-refractivity contribution in [2.24, 2.45) is 0 Å². The second-order valence-electron chi connectivity index (χ2n) is 11.8. The van der Waals surface area contributed by atoms with E-state index in [1.54, 1.807) is 0 Å².